The zero-order chi connectivity index (χ0) is 23.1. The van der Waals surface area contributed by atoms with Gasteiger partial charge in [-0.1, -0.05) is 24.3 Å². The third-order valence-corrected chi connectivity index (χ3v) is 7.84. The van der Waals surface area contributed by atoms with Crippen LogP contribution in [0.3, 0.4) is 0 Å². The molecule has 0 unspecified atom stereocenters. The van der Waals surface area contributed by atoms with E-state index in [2.05, 4.69) is 12.1 Å². The SMILES string of the molecule is OC[C@H]1O[C@@H](c2cc3c(c(Cc4ccc(-c5ccc(F)cc5)s4)c2)CCC3)[C@H](O)[C@@H](O)[C@@H]1O. The van der Waals surface area contributed by atoms with Crippen LogP contribution in [0.2, 0.25) is 0 Å². The van der Waals surface area contributed by atoms with Crippen LogP contribution in [0.5, 0.6) is 0 Å². The van der Waals surface area contributed by atoms with Crippen LogP contribution >= 0.6 is 11.3 Å². The fraction of sp³-hybridized carbons (Fsp3) is 0.385. The fourth-order valence-electron chi connectivity index (χ4n) is 4.95. The van der Waals surface area contributed by atoms with Crippen LogP contribution in [0.15, 0.2) is 48.5 Å². The molecule has 0 spiro atoms. The van der Waals surface area contributed by atoms with Crippen molar-refractivity contribution in [3.8, 4) is 10.4 Å². The molecule has 174 valence electrons. The van der Waals surface area contributed by atoms with E-state index in [9.17, 15) is 24.8 Å². The lowest BCUT2D eigenvalue weighted by atomic mass is 9.88. The van der Waals surface area contributed by atoms with Crippen molar-refractivity contribution in [2.45, 2.75) is 56.2 Å². The van der Waals surface area contributed by atoms with Crippen molar-refractivity contribution in [1.29, 1.82) is 0 Å². The predicted octanol–water partition coefficient (Wildman–Crippen LogP) is 3.15. The van der Waals surface area contributed by atoms with Crippen molar-refractivity contribution in [3.05, 3.63) is 81.5 Å². The Balaban J connectivity index is 1.45. The largest absolute Gasteiger partial charge is 0.394 e. The lowest BCUT2D eigenvalue weighted by Crippen LogP contribution is -2.55. The zero-order valence-electron chi connectivity index (χ0n) is 18.0. The highest BCUT2D eigenvalue weighted by molar-refractivity contribution is 7.15. The number of rotatable bonds is 5. The lowest BCUT2D eigenvalue weighted by Gasteiger charge is -2.40. The van der Waals surface area contributed by atoms with Crippen molar-refractivity contribution >= 4 is 11.3 Å². The van der Waals surface area contributed by atoms with Gasteiger partial charge in [-0.15, -0.1) is 11.3 Å². The molecule has 7 heteroatoms. The van der Waals surface area contributed by atoms with Crippen LogP contribution in [0.4, 0.5) is 4.39 Å². The van der Waals surface area contributed by atoms with Gasteiger partial charge in [-0.25, -0.2) is 4.39 Å². The number of fused-ring (bicyclic) bond motifs is 1. The van der Waals surface area contributed by atoms with E-state index in [-0.39, 0.29) is 5.82 Å². The highest BCUT2D eigenvalue weighted by atomic mass is 32.1. The number of hydrogen-bond acceptors (Lipinski definition) is 6. The number of hydrogen-bond donors (Lipinski definition) is 4. The Morgan fingerprint density at radius 2 is 1.73 bits per heavy atom. The van der Waals surface area contributed by atoms with E-state index < -0.39 is 37.1 Å². The van der Waals surface area contributed by atoms with Gasteiger partial charge < -0.3 is 25.2 Å². The van der Waals surface area contributed by atoms with Gasteiger partial charge in [-0.2, -0.15) is 0 Å². The van der Waals surface area contributed by atoms with Gasteiger partial charge in [0, 0.05) is 16.2 Å². The summed E-state index contributed by atoms with van der Waals surface area (Å²) in [4.78, 5) is 2.25. The summed E-state index contributed by atoms with van der Waals surface area (Å²) in [5.74, 6) is -0.254. The molecule has 1 saturated heterocycles. The predicted molar refractivity (Wildman–Crippen MR) is 124 cm³/mol. The molecule has 5 atom stereocenters. The summed E-state index contributed by atoms with van der Waals surface area (Å²) >= 11 is 1.67. The molecule has 1 fully saturated rings. The number of ether oxygens (including phenoxy) is 1. The second-order valence-corrected chi connectivity index (χ2v) is 10.0. The maximum absolute atomic E-state index is 13.3. The Hall–Kier alpha value is -2.13. The van der Waals surface area contributed by atoms with E-state index in [0.29, 0.717) is 0 Å². The number of benzene rings is 2. The Bertz CT molecular complexity index is 1130. The molecule has 4 N–H and O–H groups in total. The van der Waals surface area contributed by atoms with Gasteiger partial charge in [0.15, 0.2) is 0 Å². The molecular formula is C26H27FO5S. The van der Waals surface area contributed by atoms with E-state index in [1.54, 1.807) is 23.5 Å². The van der Waals surface area contributed by atoms with Crippen LogP contribution in [-0.2, 0) is 24.0 Å². The Labute approximate surface area is 195 Å². The summed E-state index contributed by atoms with van der Waals surface area (Å²) in [5, 5.41) is 40.5. The highest BCUT2D eigenvalue weighted by Crippen LogP contribution is 2.38. The van der Waals surface area contributed by atoms with E-state index >= 15 is 0 Å². The van der Waals surface area contributed by atoms with Gasteiger partial charge in [0.1, 0.15) is 36.3 Å². The van der Waals surface area contributed by atoms with Gasteiger partial charge >= 0.3 is 0 Å². The van der Waals surface area contributed by atoms with Crippen molar-refractivity contribution in [3.63, 3.8) is 0 Å². The molecule has 1 aromatic heterocycles. The number of aliphatic hydroxyl groups is 4. The van der Waals surface area contributed by atoms with Gasteiger partial charge in [0.05, 0.1) is 6.61 Å². The number of aryl methyl sites for hydroxylation is 1. The summed E-state index contributed by atoms with van der Waals surface area (Å²) in [7, 11) is 0. The van der Waals surface area contributed by atoms with Gasteiger partial charge in [0.25, 0.3) is 0 Å². The third kappa shape index (κ3) is 4.37. The minimum absolute atomic E-state index is 0.254. The first-order chi connectivity index (χ1) is 15.9. The number of thiophene rings is 1. The molecule has 3 aromatic rings. The third-order valence-electron chi connectivity index (χ3n) is 6.71. The van der Waals surface area contributed by atoms with Crippen molar-refractivity contribution in [2.75, 3.05) is 6.61 Å². The maximum Gasteiger partial charge on any atom is 0.123 e. The maximum atomic E-state index is 13.3. The van der Waals surface area contributed by atoms with E-state index in [1.807, 2.05) is 12.1 Å². The molecule has 5 rings (SSSR count). The molecule has 0 bridgehead atoms. The summed E-state index contributed by atoms with van der Waals surface area (Å²) in [5.41, 5.74) is 5.42. The Kier molecular flexibility index (Phi) is 6.35. The van der Waals surface area contributed by atoms with Gasteiger partial charge in [-0.05, 0) is 71.3 Å². The quantitative estimate of drug-likeness (QED) is 0.460. The minimum Gasteiger partial charge on any atom is -0.394 e. The zero-order valence-corrected chi connectivity index (χ0v) is 18.8. The first kappa shape index (κ1) is 22.7. The average molecular weight is 471 g/mol. The summed E-state index contributed by atoms with van der Waals surface area (Å²) in [6.45, 7) is -0.444. The molecule has 2 aromatic carbocycles. The molecule has 1 aliphatic heterocycles. The molecule has 33 heavy (non-hydrogen) atoms. The Morgan fingerprint density at radius 3 is 2.48 bits per heavy atom. The molecule has 0 saturated carbocycles. The second kappa shape index (κ2) is 9.25. The smallest absolute Gasteiger partial charge is 0.123 e. The molecule has 2 aliphatic rings. The molecule has 5 nitrogen and oxygen atoms in total. The van der Waals surface area contributed by atoms with Gasteiger partial charge in [0.2, 0.25) is 0 Å². The van der Waals surface area contributed by atoms with Crippen molar-refractivity contribution in [2.24, 2.45) is 0 Å². The normalized spacial score (nSPS) is 27.0. The minimum atomic E-state index is -1.40. The van der Waals surface area contributed by atoms with E-state index in [0.717, 1.165) is 47.3 Å². The van der Waals surface area contributed by atoms with Crippen LogP contribution in [0.25, 0.3) is 10.4 Å². The summed E-state index contributed by atoms with van der Waals surface area (Å²) in [6, 6.07) is 14.7. The van der Waals surface area contributed by atoms with Crippen molar-refractivity contribution < 1.29 is 29.6 Å². The van der Waals surface area contributed by atoms with Crippen molar-refractivity contribution in [1.82, 2.24) is 0 Å². The van der Waals surface area contributed by atoms with E-state index in [1.165, 1.54) is 28.1 Å². The molecule has 2 heterocycles. The fourth-order valence-corrected chi connectivity index (χ4v) is 5.99. The van der Waals surface area contributed by atoms with Crippen LogP contribution < -0.4 is 0 Å². The van der Waals surface area contributed by atoms with Crippen LogP contribution in [0.1, 0.15) is 39.7 Å². The molecule has 0 amide bonds. The first-order valence-electron chi connectivity index (χ1n) is 11.2. The average Bonchev–Trinajstić information content (AvgIpc) is 3.48. The number of halogens is 1. The molecule has 0 radical (unpaired) electrons. The number of aliphatic hydroxyl groups excluding tert-OH is 4. The lowest BCUT2D eigenvalue weighted by molar-refractivity contribution is -0.231. The molecule has 1 aliphatic carbocycles. The first-order valence-corrected chi connectivity index (χ1v) is 12.1. The topological polar surface area (TPSA) is 90.2 Å². The summed E-state index contributed by atoms with van der Waals surface area (Å²) < 4.78 is 19.1. The van der Waals surface area contributed by atoms with E-state index in [4.69, 9.17) is 4.74 Å². The highest BCUT2D eigenvalue weighted by Gasteiger charge is 2.44. The summed E-state index contributed by atoms with van der Waals surface area (Å²) in [6.07, 6.45) is -2.09. The molecular weight excluding hydrogens is 443 g/mol. The Morgan fingerprint density at radius 1 is 0.939 bits per heavy atom. The van der Waals surface area contributed by atoms with Crippen LogP contribution in [-0.4, -0.2) is 51.4 Å². The second-order valence-electron chi connectivity index (χ2n) is 8.87. The van der Waals surface area contributed by atoms with Gasteiger partial charge in [-0.3, -0.25) is 0 Å². The standard InChI is InChI=1S/C26H27FO5S/c27-18-6-4-14(5-7-18)22-9-8-19(33-22)12-16-11-17(10-15-2-1-3-20(15)16)26-25(31)24(30)23(29)21(13-28)32-26/h4-11,21,23-26,28-31H,1-3,12-13H2/t21-,23-,24+,25-,26+/m1/s1. The van der Waals surface area contributed by atoms with Crippen LogP contribution in [0, 0.1) is 5.82 Å². The monoisotopic (exact) mass is 470 g/mol.